The third-order valence-corrected chi connectivity index (χ3v) is 2.16. The van der Waals surface area contributed by atoms with Gasteiger partial charge in [0.1, 0.15) is 5.75 Å². The molecule has 2 heteroatoms. The number of benzene rings is 1. The van der Waals surface area contributed by atoms with E-state index < -0.39 is 0 Å². The van der Waals surface area contributed by atoms with E-state index in [0.29, 0.717) is 13.0 Å². The zero-order chi connectivity index (χ0) is 11.3. The number of hydrogen-bond donors (Lipinski definition) is 1. The Morgan fingerprint density at radius 2 is 2.27 bits per heavy atom. The highest BCUT2D eigenvalue weighted by Gasteiger charge is 2.07. The van der Waals surface area contributed by atoms with Crippen molar-refractivity contribution in [1.29, 1.82) is 0 Å². The van der Waals surface area contributed by atoms with Crippen molar-refractivity contribution in [2.24, 2.45) is 5.73 Å². The number of hydrogen-bond acceptors (Lipinski definition) is 2. The Hall–Kier alpha value is -1.46. The molecule has 0 aliphatic rings. The Morgan fingerprint density at radius 1 is 1.53 bits per heavy atom. The molecule has 0 radical (unpaired) electrons. The number of aryl methyl sites for hydroxylation is 1. The SMILES string of the molecule is C#CCCOc1cc(C)ccc1[C@@H](C)N. The highest BCUT2D eigenvalue weighted by atomic mass is 16.5. The van der Waals surface area contributed by atoms with Crippen molar-refractivity contribution in [2.45, 2.75) is 26.3 Å². The van der Waals surface area contributed by atoms with Crippen LogP contribution in [0.15, 0.2) is 18.2 Å². The van der Waals surface area contributed by atoms with Gasteiger partial charge in [0.05, 0.1) is 6.61 Å². The maximum atomic E-state index is 5.85. The van der Waals surface area contributed by atoms with E-state index in [2.05, 4.69) is 5.92 Å². The topological polar surface area (TPSA) is 35.2 Å². The molecule has 0 saturated heterocycles. The van der Waals surface area contributed by atoms with E-state index >= 15 is 0 Å². The van der Waals surface area contributed by atoms with Crippen LogP contribution in [0, 0.1) is 19.3 Å². The first kappa shape index (κ1) is 11.6. The molecule has 0 spiro atoms. The van der Waals surface area contributed by atoms with Crippen molar-refractivity contribution in [2.75, 3.05) is 6.61 Å². The minimum absolute atomic E-state index is 0.0218. The lowest BCUT2D eigenvalue weighted by atomic mass is 10.1. The summed E-state index contributed by atoms with van der Waals surface area (Å²) in [5.41, 5.74) is 8.04. The van der Waals surface area contributed by atoms with E-state index in [1.165, 1.54) is 0 Å². The number of terminal acetylenes is 1. The quantitative estimate of drug-likeness (QED) is 0.602. The summed E-state index contributed by atoms with van der Waals surface area (Å²) in [5, 5.41) is 0. The van der Waals surface area contributed by atoms with Gasteiger partial charge in [-0.2, -0.15) is 0 Å². The van der Waals surface area contributed by atoms with Gasteiger partial charge in [0.25, 0.3) is 0 Å². The first-order valence-corrected chi connectivity index (χ1v) is 5.07. The van der Waals surface area contributed by atoms with E-state index in [4.69, 9.17) is 16.9 Å². The second kappa shape index (κ2) is 5.43. The van der Waals surface area contributed by atoms with Gasteiger partial charge in [-0.1, -0.05) is 12.1 Å². The monoisotopic (exact) mass is 203 g/mol. The molecule has 0 fully saturated rings. The van der Waals surface area contributed by atoms with E-state index in [1.807, 2.05) is 32.0 Å². The molecule has 1 atom stereocenters. The summed E-state index contributed by atoms with van der Waals surface area (Å²) in [6.07, 6.45) is 5.78. The number of rotatable bonds is 4. The fraction of sp³-hybridized carbons (Fsp3) is 0.385. The standard InChI is InChI=1S/C13H17NO/c1-4-5-8-15-13-9-10(2)6-7-12(13)11(3)14/h1,6-7,9,11H,5,8,14H2,2-3H3/t11-/m1/s1. The first-order valence-electron chi connectivity index (χ1n) is 5.07. The molecule has 0 aliphatic carbocycles. The van der Waals surface area contributed by atoms with E-state index in [-0.39, 0.29) is 6.04 Å². The van der Waals surface area contributed by atoms with Gasteiger partial charge in [-0.3, -0.25) is 0 Å². The fourth-order valence-corrected chi connectivity index (χ4v) is 1.36. The molecule has 0 unspecified atom stereocenters. The summed E-state index contributed by atoms with van der Waals surface area (Å²) in [5.74, 6) is 3.39. The average molecular weight is 203 g/mol. The van der Waals surface area contributed by atoms with Crippen molar-refractivity contribution < 1.29 is 4.74 Å². The van der Waals surface area contributed by atoms with Crippen LogP contribution in [-0.2, 0) is 0 Å². The highest BCUT2D eigenvalue weighted by molar-refractivity contribution is 5.38. The Balaban J connectivity index is 2.83. The Kier molecular flexibility index (Phi) is 4.20. The van der Waals surface area contributed by atoms with Gasteiger partial charge in [-0.25, -0.2) is 0 Å². The lowest BCUT2D eigenvalue weighted by Gasteiger charge is -2.14. The van der Waals surface area contributed by atoms with E-state index in [0.717, 1.165) is 16.9 Å². The van der Waals surface area contributed by atoms with Crippen molar-refractivity contribution >= 4 is 0 Å². The Morgan fingerprint density at radius 3 is 2.87 bits per heavy atom. The molecule has 0 aromatic heterocycles. The largest absolute Gasteiger partial charge is 0.492 e. The van der Waals surface area contributed by atoms with Crippen LogP contribution < -0.4 is 10.5 Å². The van der Waals surface area contributed by atoms with Crippen LogP contribution in [0.5, 0.6) is 5.75 Å². The second-order valence-corrected chi connectivity index (χ2v) is 3.63. The molecule has 15 heavy (non-hydrogen) atoms. The molecule has 80 valence electrons. The van der Waals surface area contributed by atoms with Crippen LogP contribution in [0.1, 0.15) is 30.5 Å². The van der Waals surface area contributed by atoms with E-state index in [9.17, 15) is 0 Å². The lowest BCUT2D eigenvalue weighted by molar-refractivity contribution is 0.322. The van der Waals surface area contributed by atoms with Crippen molar-refractivity contribution in [3.63, 3.8) is 0 Å². The molecule has 1 aromatic rings. The molecular formula is C13H17NO. The van der Waals surface area contributed by atoms with Crippen molar-refractivity contribution in [3.8, 4) is 18.1 Å². The molecule has 0 aliphatic heterocycles. The van der Waals surface area contributed by atoms with Gasteiger partial charge in [0.2, 0.25) is 0 Å². The molecule has 0 heterocycles. The molecule has 0 bridgehead atoms. The molecule has 2 nitrogen and oxygen atoms in total. The zero-order valence-electron chi connectivity index (χ0n) is 9.29. The van der Waals surface area contributed by atoms with E-state index in [1.54, 1.807) is 0 Å². The molecule has 2 N–H and O–H groups in total. The molecule has 0 saturated carbocycles. The van der Waals surface area contributed by atoms with Crippen LogP contribution in [-0.4, -0.2) is 6.61 Å². The third kappa shape index (κ3) is 3.30. The van der Waals surface area contributed by atoms with Gasteiger partial charge < -0.3 is 10.5 Å². The normalized spacial score (nSPS) is 11.9. The average Bonchev–Trinajstić information content (AvgIpc) is 2.18. The van der Waals surface area contributed by atoms with Gasteiger partial charge in [0.15, 0.2) is 0 Å². The lowest BCUT2D eigenvalue weighted by Crippen LogP contribution is -2.08. The maximum Gasteiger partial charge on any atom is 0.124 e. The maximum absolute atomic E-state index is 5.85. The summed E-state index contributed by atoms with van der Waals surface area (Å²) < 4.78 is 5.60. The minimum atomic E-state index is -0.0218. The van der Waals surface area contributed by atoms with Gasteiger partial charge in [0, 0.05) is 18.0 Å². The molecular weight excluding hydrogens is 186 g/mol. The van der Waals surface area contributed by atoms with Gasteiger partial charge >= 0.3 is 0 Å². The smallest absolute Gasteiger partial charge is 0.124 e. The molecule has 0 amide bonds. The van der Waals surface area contributed by atoms with Gasteiger partial charge in [-0.15, -0.1) is 12.3 Å². The zero-order valence-corrected chi connectivity index (χ0v) is 9.29. The number of nitrogens with two attached hydrogens (primary N) is 1. The summed E-state index contributed by atoms with van der Waals surface area (Å²) in [6, 6.07) is 6.01. The van der Waals surface area contributed by atoms with Crippen molar-refractivity contribution in [1.82, 2.24) is 0 Å². The minimum Gasteiger partial charge on any atom is -0.492 e. The predicted octanol–water partition coefficient (Wildman–Crippen LogP) is 2.42. The highest BCUT2D eigenvalue weighted by Crippen LogP contribution is 2.25. The predicted molar refractivity (Wildman–Crippen MR) is 62.7 cm³/mol. The Labute approximate surface area is 91.4 Å². The van der Waals surface area contributed by atoms with Crippen LogP contribution >= 0.6 is 0 Å². The summed E-state index contributed by atoms with van der Waals surface area (Å²) in [7, 11) is 0. The molecule has 1 rings (SSSR count). The van der Waals surface area contributed by atoms with Crippen LogP contribution in [0.25, 0.3) is 0 Å². The first-order chi connectivity index (χ1) is 7.15. The van der Waals surface area contributed by atoms with Crippen molar-refractivity contribution in [3.05, 3.63) is 29.3 Å². The summed E-state index contributed by atoms with van der Waals surface area (Å²) in [4.78, 5) is 0. The second-order valence-electron chi connectivity index (χ2n) is 3.63. The summed E-state index contributed by atoms with van der Waals surface area (Å²) >= 11 is 0. The van der Waals surface area contributed by atoms with Crippen LogP contribution in [0.2, 0.25) is 0 Å². The summed E-state index contributed by atoms with van der Waals surface area (Å²) in [6.45, 7) is 4.51. The molecule has 1 aromatic carbocycles. The van der Waals surface area contributed by atoms with Crippen LogP contribution in [0.3, 0.4) is 0 Å². The third-order valence-electron chi connectivity index (χ3n) is 2.16. The van der Waals surface area contributed by atoms with Crippen LogP contribution in [0.4, 0.5) is 0 Å². The van der Waals surface area contributed by atoms with Gasteiger partial charge in [-0.05, 0) is 25.5 Å². The Bertz CT molecular complexity index is 363. The number of ether oxygens (including phenoxy) is 1. The fourth-order valence-electron chi connectivity index (χ4n) is 1.36.